The average molecular weight is 678 g/mol. The van der Waals surface area contributed by atoms with Gasteiger partial charge in [-0.05, 0) is 140 Å². The minimum absolute atomic E-state index is 0. The third-order valence-corrected chi connectivity index (χ3v) is 7.06. The molecule has 0 aromatic heterocycles. The predicted octanol–water partition coefficient (Wildman–Crippen LogP) is 4.40. The van der Waals surface area contributed by atoms with Crippen LogP contribution in [0.15, 0.2) is 43.4 Å². The van der Waals surface area contributed by atoms with E-state index in [1.54, 1.807) is 0 Å². The fraction of sp³-hybridized carbons (Fsp3) is 0. The van der Waals surface area contributed by atoms with Gasteiger partial charge in [-0.1, -0.05) is 23.7 Å². The zero-order chi connectivity index (χ0) is 30.5. The summed E-state index contributed by atoms with van der Waals surface area (Å²) in [5.74, 6) is 13.3. The van der Waals surface area contributed by atoms with Crippen molar-refractivity contribution in [1.29, 1.82) is 0 Å². The normalized spacial score (nSPS) is 17.7. The Morgan fingerprint density at radius 1 is 0.326 bits per heavy atom. The van der Waals surface area contributed by atoms with E-state index in [2.05, 4.69) is 23.7 Å². The summed E-state index contributed by atoms with van der Waals surface area (Å²) in [4.78, 5) is 52.3. The topological polar surface area (TPSA) is 68.3 Å². The summed E-state index contributed by atoms with van der Waals surface area (Å²) in [6, 6.07) is 6.09. The molecule has 0 atom stereocenters. The van der Waals surface area contributed by atoms with Gasteiger partial charge < -0.3 is 0 Å². The largest absolute Gasteiger partial charge is 2.00 e. The number of hydrogen-bond donors (Lipinski definition) is 0. The number of hydrogen-bond acceptors (Lipinski definition) is 4. The minimum atomic E-state index is -0.727. The summed E-state index contributed by atoms with van der Waals surface area (Å²) in [5.41, 5.74) is -1.47. The molecular weight excluding hydrogens is 656 g/mol. The standard InChI is InChI=1S/C30H12O4.2C5H5.2Fe/c31-27-21-13-19(11-9-17-5-1-2-6-17)14-22-25(21)26-23(29(27)33)15-20(12-10-18-7-3-4-8-18)16-24(26)30(34)28(22)32;2*1-2-4-5-3-1;;/h1-8,13-16H;2*1-5H;;/q;;;2*+2. The van der Waals surface area contributed by atoms with Crippen LogP contribution < -0.4 is 21.7 Å². The smallest absolute Gasteiger partial charge is 0.285 e. The van der Waals surface area contributed by atoms with Gasteiger partial charge in [-0.25, -0.2) is 0 Å². The van der Waals surface area contributed by atoms with Crippen LogP contribution in [0.4, 0.5) is 0 Å². The summed E-state index contributed by atoms with van der Waals surface area (Å²) >= 11 is 0. The molecule has 0 bridgehead atoms. The van der Waals surface area contributed by atoms with Crippen molar-refractivity contribution in [3.05, 3.63) is 204 Å². The van der Waals surface area contributed by atoms with Gasteiger partial charge in [-0.2, -0.15) is 0 Å². The van der Waals surface area contributed by atoms with Crippen molar-refractivity contribution in [2.75, 3.05) is 0 Å². The van der Waals surface area contributed by atoms with E-state index in [9.17, 15) is 19.2 Å². The van der Waals surface area contributed by atoms with Crippen molar-refractivity contribution < 1.29 is 34.1 Å². The molecule has 6 aliphatic carbocycles. The molecule has 0 heterocycles. The molecule has 0 amide bonds. The molecule has 20 radical (unpaired) electrons. The fourth-order valence-electron chi connectivity index (χ4n) is 5.02. The third kappa shape index (κ3) is 8.04. The molecule has 46 heavy (non-hydrogen) atoms. The second-order valence-electron chi connectivity index (χ2n) is 9.98. The first kappa shape index (κ1) is 36.1. The average Bonchev–Trinajstić information content (AvgIpc) is 3.89. The maximum absolute atomic E-state index is 13.1. The Balaban J connectivity index is 0.000000342. The molecular formula is C40H22Fe2O4+4. The van der Waals surface area contributed by atoms with Gasteiger partial charge in [0.15, 0.2) is 0 Å². The third-order valence-electron chi connectivity index (χ3n) is 7.06. The Bertz CT molecular complexity index is 1680. The summed E-state index contributed by atoms with van der Waals surface area (Å²) in [6.07, 6.45) is 34.7. The summed E-state index contributed by atoms with van der Waals surface area (Å²) in [6.45, 7) is 0. The second kappa shape index (κ2) is 16.9. The molecule has 0 spiro atoms. The molecule has 218 valence electrons. The number of rotatable bonds is 0. The Labute approximate surface area is 292 Å². The zero-order valence-corrected chi connectivity index (χ0v) is 26.3. The first-order valence-corrected chi connectivity index (χ1v) is 13.9. The molecule has 0 aliphatic heterocycles. The molecule has 0 saturated heterocycles. The molecule has 0 N–H and O–H groups in total. The molecule has 4 fully saturated rings. The Morgan fingerprint density at radius 2 is 0.565 bits per heavy atom. The van der Waals surface area contributed by atoms with E-state index in [0.717, 1.165) is 11.8 Å². The molecule has 2 aromatic carbocycles. The van der Waals surface area contributed by atoms with E-state index in [1.165, 1.54) is 24.3 Å². The van der Waals surface area contributed by atoms with Crippen molar-refractivity contribution in [3.8, 4) is 34.8 Å². The molecule has 4 nitrogen and oxygen atoms in total. The van der Waals surface area contributed by atoms with Crippen LogP contribution in [-0.2, 0) is 34.1 Å². The van der Waals surface area contributed by atoms with Crippen LogP contribution in [0, 0.1) is 151 Å². The van der Waals surface area contributed by atoms with Crippen molar-refractivity contribution >= 4 is 21.5 Å². The SMILES string of the molecule is O=c1c(=O)c2cc(C#C[C]3[CH][CH][CH][CH]3)cc3c2-c2c1cc(C#C[C]1[CH][CH][CH][CH]1)cc2c(=O)c3=O.[CH]1[CH][CH][CH][CH]1.[CH]1[CH][CH][CH][CH]1.[Fe+2].[Fe+2]. The summed E-state index contributed by atoms with van der Waals surface area (Å²) < 4.78 is 0. The van der Waals surface area contributed by atoms with E-state index < -0.39 is 21.7 Å². The van der Waals surface area contributed by atoms with Gasteiger partial charge in [-0.3, -0.25) is 19.2 Å². The monoisotopic (exact) mass is 678 g/mol. The fourth-order valence-corrected chi connectivity index (χ4v) is 5.02. The van der Waals surface area contributed by atoms with E-state index in [4.69, 9.17) is 0 Å². The molecule has 2 aromatic rings. The van der Waals surface area contributed by atoms with E-state index in [1.807, 2.05) is 116 Å². The minimum Gasteiger partial charge on any atom is -0.285 e. The maximum atomic E-state index is 13.1. The van der Waals surface area contributed by atoms with Crippen LogP contribution in [0.2, 0.25) is 0 Å². The predicted molar refractivity (Wildman–Crippen MR) is 174 cm³/mol. The Kier molecular flexibility index (Phi) is 13.3. The second-order valence-corrected chi connectivity index (χ2v) is 9.98. The van der Waals surface area contributed by atoms with Crippen LogP contribution in [-0.4, -0.2) is 0 Å². The van der Waals surface area contributed by atoms with E-state index in [-0.39, 0.29) is 55.7 Å². The van der Waals surface area contributed by atoms with Gasteiger partial charge in [0, 0.05) is 43.8 Å². The van der Waals surface area contributed by atoms with Gasteiger partial charge >= 0.3 is 34.1 Å². The molecule has 8 rings (SSSR count). The summed E-state index contributed by atoms with van der Waals surface area (Å²) in [7, 11) is 0. The Morgan fingerprint density at radius 3 is 0.804 bits per heavy atom. The van der Waals surface area contributed by atoms with E-state index in [0.29, 0.717) is 22.3 Å². The van der Waals surface area contributed by atoms with Crippen LogP contribution in [0.3, 0.4) is 0 Å². The van der Waals surface area contributed by atoms with Crippen molar-refractivity contribution in [2.24, 2.45) is 0 Å². The zero-order valence-electron chi connectivity index (χ0n) is 24.0. The quantitative estimate of drug-likeness (QED) is 0.120. The number of benzene rings is 4. The van der Waals surface area contributed by atoms with Gasteiger partial charge in [0.1, 0.15) is 0 Å². The van der Waals surface area contributed by atoms with Crippen molar-refractivity contribution in [2.45, 2.75) is 0 Å². The van der Waals surface area contributed by atoms with Crippen molar-refractivity contribution in [1.82, 2.24) is 0 Å². The van der Waals surface area contributed by atoms with E-state index >= 15 is 0 Å². The Hall–Kier alpha value is -2.72. The first-order valence-electron chi connectivity index (χ1n) is 13.9. The molecule has 6 aliphatic rings. The van der Waals surface area contributed by atoms with Gasteiger partial charge in [0.2, 0.25) is 21.7 Å². The van der Waals surface area contributed by atoms with Crippen LogP contribution >= 0.6 is 0 Å². The first-order chi connectivity index (χ1) is 21.5. The molecule has 4 saturated carbocycles. The van der Waals surface area contributed by atoms with Gasteiger partial charge in [0.25, 0.3) is 0 Å². The van der Waals surface area contributed by atoms with Crippen molar-refractivity contribution in [3.63, 3.8) is 0 Å². The molecule has 6 heteroatoms. The maximum Gasteiger partial charge on any atom is 2.00 e. The van der Waals surface area contributed by atoms with Gasteiger partial charge in [0.05, 0.1) is 11.8 Å². The summed E-state index contributed by atoms with van der Waals surface area (Å²) in [5, 5.41) is 0.387. The van der Waals surface area contributed by atoms with Gasteiger partial charge in [-0.15, -0.1) is 0 Å². The van der Waals surface area contributed by atoms with Crippen LogP contribution in [0.5, 0.6) is 0 Å². The van der Waals surface area contributed by atoms with Crippen LogP contribution in [0.25, 0.3) is 32.7 Å². The van der Waals surface area contributed by atoms with Crippen LogP contribution in [0.1, 0.15) is 11.1 Å². The molecule has 0 unspecified atom stereocenters.